The van der Waals surface area contributed by atoms with Gasteiger partial charge in [0.05, 0.1) is 23.1 Å². The zero-order valence-electron chi connectivity index (χ0n) is 14.4. The van der Waals surface area contributed by atoms with Crippen molar-refractivity contribution in [2.45, 2.75) is 11.3 Å². The Kier molecular flexibility index (Phi) is 6.53. The van der Waals surface area contributed by atoms with Gasteiger partial charge in [-0.1, -0.05) is 0 Å². The molecule has 0 aliphatic rings. The van der Waals surface area contributed by atoms with Gasteiger partial charge < -0.3 is 20.0 Å². The fraction of sp³-hybridized carbons (Fsp3) is 0.167. The van der Waals surface area contributed by atoms with E-state index in [-0.39, 0.29) is 17.9 Å². The van der Waals surface area contributed by atoms with Gasteiger partial charge in [0.1, 0.15) is 5.82 Å². The lowest BCUT2D eigenvalue weighted by molar-refractivity contribution is -0.146. The molecule has 10 heteroatoms. The van der Waals surface area contributed by atoms with E-state index in [0.29, 0.717) is 26.9 Å². The van der Waals surface area contributed by atoms with Crippen molar-refractivity contribution in [1.82, 2.24) is 9.97 Å². The fourth-order valence-electron chi connectivity index (χ4n) is 2.34. The summed E-state index contributed by atoms with van der Waals surface area (Å²) in [5, 5.41) is 2.61. The van der Waals surface area contributed by atoms with Crippen molar-refractivity contribution in [1.29, 1.82) is 0 Å². The van der Waals surface area contributed by atoms with Crippen LogP contribution in [0.1, 0.15) is 6.42 Å². The van der Waals surface area contributed by atoms with Gasteiger partial charge in [-0.3, -0.25) is 9.59 Å². The normalized spacial score (nSPS) is 10.8. The fourth-order valence-corrected chi connectivity index (χ4v) is 3.61. The lowest BCUT2D eigenvalue weighted by Crippen LogP contribution is -2.21. The van der Waals surface area contributed by atoms with E-state index in [1.165, 1.54) is 23.9 Å². The number of nitrogens with one attached hydrogen (secondary N) is 3. The molecule has 3 rings (SSSR count). The number of carbonyl (C=O) groups excluding carboxylic acids is 2. The maximum absolute atomic E-state index is 12.8. The third kappa shape index (κ3) is 5.46. The molecule has 0 atom stereocenters. The first kappa shape index (κ1) is 20.2. The highest BCUT2D eigenvalue weighted by Crippen LogP contribution is 2.26. The summed E-state index contributed by atoms with van der Waals surface area (Å²) < 4.78 is 18.4. The number of carbonyl (C=O) groups is 2. The Bertz CT molecular complexity index is 1060. The number of halogens is 2. The van der Waals surface area contributed by atoms with Crippen LogP contribution in [0, 0.1) is 5.82 Å². The Morgan fingerprint density at radius 2 is 1.82 bits per heavy atom. The van der Waals surface area contributed by atoms with Crippen LogP contribution in [0.2, 0.25) is 0 Å². The Labute approximate surface area is 171 Å². The number of aromatic amines is 2. The van der Waals surface area contributed by atoms with Crippen LogP contribution in [-0.2, 0) is 14.3 Å². The SMILES string of the molecule is O=C(COC(=O)CCSc1ccc(F)cc1)Nc1cc2[nH]c(=O)[nH]c2cc1Br. The van der Waals surface area contributed by atoms with E-state index in [2.05, 4.69) is 31.2 Å². The minimum atomic E-state index is -0.505. The third-order valence-electron chi connectivity index (χ3n) is 3.63. The van der Waals surface area contributed by atoms with Gasteiger partial charge >= 0.3 is 11.7 Å². The molecule has 0 fully saturated rings. The van der Waals surface area contributed by atoms with Gasteiger partial charge in [-0.25, -0.2) is 9.18 Å². The average Bonchev–Trinajstić information content (AvgIpc) is 3.01. The number of hydrogen-bond acceptors (Lipinski definition) is 5. The number of amides is 1. The molecule has 0 saturated carbocycles. The molecular formula is C18H15BrFN3O4S. The molecule has 0 saturated heterocycles. The highest BCUT2D eigenvalue weighted by atomic mass is 79.9. The van der Waals surface area contributed by atoms with E-state index in [4.69, 9.17) is 4.74 Å². The number of anilines is 1. The second-order valence-corrected chi connectivity index (χ2v) is 7.74. The number of rotatable bonds is 7. The van der Waals surface area contributed by atoms with Gasteiger partial charge in [0, 0.05) is 15.1 Å². The number of hydrogen-bond donors (Lipinski definition) is 3. The zero-order chi connectivity index (χ0) is 20.1. The number of esters is 1. The molecule has 1 amide bonds. The third-order valence-corrected chi connectivity index (χ3v) is 5.30. The lowest BCUT2D eigenvalue weighted by atomic mass is 10.2. The standard InChI is InChI=1S/C18H15BrFN3O4S/c19-12-7-14-15(23-18(26)22-14)8-13(12)21-16(24)9-27-17(25)5-6-28-11-3-1-10(20)2-4-11/h1-4,7-8H,5-6,9H2,(H,21,24)(H2,22,23,26). The minimum absolute atomic E-state index is 0.121. The average molecular weight is 468 g/mol. The van der Waals surface area contributed by atoms with E-state index >= 15 is 0 Å². The molecule has 28 heavy (non-hydrogen) atoms. The number of benzene rings is 2. The van der Waals surface area contributed by atoms with E-state index in [0.717, 1.165) is 4.90 Å². The van der Waals surface area contributed by atoms with Gasteiger partial charge in [-0.15, -0.1) is 11.8 Å². The van der Waals surface area contributed by atoms with Crippen LogP contribution in [0.4, 0.5) is 10.1 Å². The van der Waals surface area contributed by atoms with Crippen molar-refractivity contribution in [3.05, 3.63) is 57.2 Å². The van der Waals surface area contributed by atoms with Gasteiger partial charge in [0.15, 0.2) is 6.61 Å². The molecule has 3 aromatic rings. The number of aromatic nitrogens is 2. The molecule has 0 unspecified atom stereocenters. The summed E-state index contributed by atoms with van der Waals surface area (Å²) in [7, 11) is 0. The summed E-state index contributed by atoms with van der Waals surface area (Å²) in [5.41, 5.74) is 1.23. The van der Waals surface area contributed by atoms with Crippen molar-refractivity contribution >= 4 is 56.3 Å². The summed E-state index contributed by atoms with van der Waals surface area (Å²) in [6.07, 6.45) is 0.121. The lowest BCUT2D eigenvalue weighted by Gasteiger charge is -2.08. The van der Waals surface area contributed by atoms with Gasteiger partial charge in [0.2, 0.25) is 0 Å². The molecule has 0 aliphatic heterocycles. The van der Waals surface area contributed by atoms with E-state index in [1.807, 2.05) is 0 Å². The predicted molar refractivity (Wildman–Crippen MR) is 108 cm³/mol. The predicted octanol–water partition coefficient (Wildman–Crippen LogP) is 3.42. The van der Waals surface area contributed by atoms with Gasteiger partial charge in [0.25, 0.3) is 5.91 Å². The number of imidazole rings is 1. The highest BCUT2D eigenvalue weighted by Gasteiger charge is 2.11. The van der Waals surface area contributed by atoms with Crippen LogP contribution >= 0.6 is 27.7 Å². The summed E-state index contributed by atoms with van der Waals surface area (Å²) >= 11 is 4.70. The molecule has 7 nitrogen and oxygen atoms in total. The Balaban J connectivity index is 1.44. The topological polar surface area (TPSA) is 104 Å². The van der Waals surface area contributed by atoms with Crippen LogP contribution in [0.5, 0.6) is 0 Å². The number of ether oxygens (including phenoxy) is 1. The van der Waals surface area contributed by atoms with Crippen molar-refractivity contribution in [2.24, 2.45) is 0 Å². The monoisotopic (exact) mass is 467 g/mol. The van der Waals surface area contributed by atoms with Crippen molar-refractivity contribution < 1.29 is 18.7 Å². The van der Waals surface area contributed by atoms with Crippen LogP contribution in [0.25, 0.3) is 11.0 Å². The van der Waals surface area contributed by atoms with Crippen LogP contribution in [0.15, 0.2) is 50.6 Å². The summed E-state index contributed by atoms with van der Waals surface area (Å²) in [6.45, 7) is -0.422. The molecule has 0 aliphatic carbocycles. The van der Waals surface area contributed by atoms with Gasteiger partial charge in [-0.2, -0.15) is 0 Å². The molecule has 1 aromatic heterocycles. The zero-order valence-corrected chi connectivity index (χ0v) is 16.8. The van der Waals surface area contributed by atoms with Crippen molar-refractivity contribution in [2.75, 3.05) is 17.7 Å². The molecule has 146 valence electrons. The molecule has 1 heterocycles. The molecule has 2 aromatic carbocycles. The Hall–Kier alpha value is -2.59. The Morgan fingerprint density at radius 1 is 1.14 bits per heavy atom. The first-order chi connectivity index (χ1) is 13.4. The molecule has 3 N–H and O–H groups in total. The van der Waals surface area contributed by atoms with E-state index in [1.54, 1.807) is 24.3 Å². The Morgan fingerprint density at radius 3 is 2.54 bits per heavy atom. The number of thioether (sulfide) groups is 1. The maximum Gasteiger partial charge on any atom is 0.323 e. The van der Waals surface area contributed by atoms with E-state index in [9.17, 15) is 18.8 Å². The highest BCUT2D eigenvalue weighted by molar-refractivity contribution is 9.10. The van der Waals surface area contributed by atoms with E-state index < -0.39 is 18.5 Å². The van der Waals surface area contributed by atoms with Gasteiger partial charge in [-0.05, 0) is 52.3 Å². The first-order valence-electron chi connectivity index (χ1n) is 8.16. The van der Waals surface area contributed by atoms with Crippen molar-refractivity contribution in [3.63, 3.8) is 0 Å². The molecular weight excluding hydrogens is 453 g/mol. The number of fused-ring (bicyclic) bond motifs is 1. The molecule has 0 spiro atoms. The number of H-pyrrole nitrogens is 2. The quantitative estimate of drug-likeness (QED) is 0.364. The minimum Gasteiger partial charge on any atom is -0.456 e. The summed E-state index contributed by atoms with van der Waals surface area (Å²) in [4.78, 5) is 41.1. The summed E-state index contributed by atoms with van der Waals surface area (Å²) in [5.74, 6) is -0.870. The summed E-state index contributed by atoms with van der Waals surface area (Å²) in [6, 6.07) is 9.21. The molecule has 0 bridgehead atoms. The van der Waals surface area contributed by atoms with Crippen LogP contribution in [0.3, 0.4) is 0 Å². The molecule has 0 radical (unpaired) electrons. The second-order valence-electron chi connectivity index (χ2n) is 5.72. The second kappa shape index (κ2) is 9.07. The van der Waals surface area contributed by atoms with Crippen molar-refractivity contribution in [3.8, 4) is 0 Å². The maximum atomic E-state index is 12.8. The smallest absolute Gasteiger partial charge is 0.323 e. The largest absolute Gasteiger partial charge is 0.456 e. The first-order valence-corrected chi connectivity index (χ1v) is 9.94. The van der Waals surface area contributed by atoms with Crippen LogP contribution < -0.4 is 11.0 Å². The van der Waals surface area contributed by atoms with Crippen LogP contribution in [-0.4, -0.2) is 34.2 Å².